The number of hydrogen-bond acceptors (Lipinski definition) is 12. The zero-order chi connectivity index (χ0) is 51.0. The molecule has 17 N–H and O–H groups in total. The van der Waals surface area contributed by atoms with E-state index in [1.807, 2.05) is 0 Å². The number of nitrogens with zero attached hydrogens (tertiary/aromatic N) is 1. The number of rotatable bonds is 24. The predicted octanol–water partition coefficient (Wildman–Crippen LogP) is 0.834. The van der Waals surface area contributed by atoms with Crippen LogP contribution in [-0.4, -0.2) is 136 Å². The summed E-state index contributed by atoms with van der Waals surface area (Å²) >= 11 is 0. The third kappa shape index (κ3) is 37.9. The Morgan fingerprint density at radius 2 is 1.05 bits per heavy atom. The van der Waals surface area contributed by atoms with Crippen LogP contribution in [-0.2, 0) is 40.0 Å². The quantitative estimate of drug-likeness (QED) is 0.0295. The highest BCUT2D eigenvalue weighted by molar-refractivity contribution is 5.92. The van der Waals surface area contributed by atoms with E-state index in [1.54, 1.807) is 0 Å². The van der Waals surface area contributed by atoms with Crippen LogP contribution in [0.25, 0.3) is 0 Å². The van der Waals surface area contributed by atoms with Gasteiger partial charge in [0.2, 0.25) is 23.6 Å². The van der Waals surface area contributed by atoms with Gasteiger partial charge in [-0.3, -0.25) is 24.2 Å². The molecule has 0 aliphatic heterocycles. The molecule has 0 saturated carbocycles. The maximum Gasteiger partial charge on any atom is 0.490 e. The zero-order valence-electron chi connectivity index (χ0n) is 34.5. The summed E-state index contributed by atoms with van der Waals surface area (Å²) in [6.07, 6.45) is -7.29. The van der Waals surface area contributed by atoms with E-state index in [2.05, 4.69) is 26.3 Å². The number of primary amides is 1. The summed E-state index contributed by atoms with van der Waals surface area (Å²) in [5, 5.41) is 52.0. The molecule has 21 nitrogen and oxygen atoms in total. The van der Waals surface area contributed by atoms with Crippen molar-refractivity contribution >= 4 is 47.5 Å². The second kappa shape index (κ2) is 33.2. The number of phenolic OH excluding ortho intramolecular Hbond substituents is 2. The van der Waals surface area contributed by atoms with Crippen LogP contribution < -0.4 is 44.2 Å². The van der Waals surface area contributed by atoms with Crippen LogP contribution in [0.4, 0.5) is 39.5 Å². The lowest BCUT2D eigenvalue weighted by molar-refractivity contribution is -0.193. The van der Waals surface area contributed by atoms with Crippen LogP contribution in [0.3, 0.4) is 0 Å². The first-order valence-corrected chi connectivity index (χ1v) is 18.9. The highest BCUT2D eigenvalue weighted by Crippen LogP contribution is 2.23. The molecule has 0 heterocycles. The van der Waals surface area contributed by atoms with Gasteiger partial charge in [0, 0.05) is 31.3 Å². The highest BCUT2D eigenvalue weighted by Gasteiger charge is 2.39. The minimum Gasteiger partial charge on any atom is -0.508 e. The molecule has 0 saturated heterocycles. The van der Waals surface area contributed by atoms with E-state index >= 15 is 0 Å². The number of phenols is 2. The molecule has 1 aromatic rings. The van der Waals surface area contributed by atoms with Crippen molar-refractivity contribution in [3.8, 4) is 11.5 Å². The van der Waals surface area contributed by atoms with Crippen molar-refractivity contribution in [1.29, 1.82) is 0 Å². The van der Waals surface area contributed by atoms with Gasteiger partial charge in [0.25, 0.3) is 0 Å². The third-order valence-corrected chi connectivity index (χ3v) is 7.43. The van der Waals surface area contributed by atoms with E-state index in [9.17, 15) is 68.9 Å². The zero-order valence-corrected chi connectivity index (χ0v) is 34.5. The Morgan fingerprint density at radius 3 is 1.48 bits per heavy atom. The summed E-state index contributed by atoms with van der Waals surface area (Å²) in [5.74, 6) is -10.7. The average molecular weight is 964 g/mol. The number of aliphatic imine (C=N–C) groups is 1. The van der Waals surface area contributed by atoms with Crippen molar-refractivity contribution in [2.75, 3.05) is 32.7 Å². The minimum atomic E-state index is -5.08. The second-order valence-corrected chi connectivity index (χ2v) is 13.1. The van der Waals surface area contributed by atoms with Gasteiger partial charge in [0.1, 0.15) is 17.5 Å². The smallest absolute Gasteiger partial charge is 0.490 e. The number of halogens is 9. The Balaban J connectivity index is -0.00000149. The maximum atomic E-state index is 12.5. The molecule has 1 rings (SSSR count). The SMILES string of the molecule is NC(=O)C[C@H](NC(=O)Cc1ccc(O)cc1O)C(=O)NCCCNCCCCCCCCCNC(=O)[C@@H](N)CCN=C(N)N.O=C(O)C(F)(F)F.O=C(O)C(F)(F)F.O=C(O)C(F)(F)F. The minimum absolute atomic E-state index is 0.0135. The Bertz CT molecular complexity index is 1610. The second-order valence-electron chi connectivity index (χ2n) is 13.1. The van der Waals surface area contributed by atoms with Crippen LogP contribution >= 0.6 is 0 Å². The van der Waals surface area contributed by atoms with Crippen LogP contribution in [0.2, 0.25) is 0 Å². The van der Waals surface area contributed by atoms with Gasteiger partial charge in [-0.1, -0.05) is 38.2 Å². The van der Waals surface area contributed by atoms with Crippen molar-refractivity contribution in [3.63, 3.8) is 0 Å². The number of nitrogens with two attached hydrogens (primary N) is 4. The molecule has 0 fully saturated rings. The summed E-state index contributed by atoms with van der Waals surface area (Å²) in [4.78, 5) is 78.8. The lowest BCUT2D eigenvalue weighted by Gasteiger charge is -2.17. The van der Waals surface area contributed by atoms with Crippen molar-refractivity contribution in [1.82, 2.24) is 21.3 Å². The number of alkyl halides is 9. The number of nitrogens with one attached hydrogen (secondary N) is 4. The largest absolute Gasteiger partial charge is 0.508 e. The topological polar surface area (TPSA) is 385 Å². The number of carboxylic acid groups (broad SMARTS) is 3. The maximum absolute atomic E-state index is 12.5. The van der Waals surface area contributed by atoms with Gasteiger partial charge in [-0.25, -0.2) is 14.4 Å². The molecule has 0 spiro atoms. The monoisotopic (exact) mass is 963 g/mol. The molecule has 0 bridgehead atoms. The van der Waals surface area contributed by atoms with Crippen molar-refractivity contribution < 1.29 is 98.6 Å². The number of aromatic hydroxyl groups is 2. The van der Waals surface area contributed by atoms with E-state index in [4.69, 9.17) is 52.6 Å². The molecular weight excluding hydrogens is 909 g/mol. The molecule has 1 aromatic carbocycles. The number of amides is 4. The Kier molecular flexibility index (Phi) is 32.2. The molecule has 0 aliphatic rings. The summed E-state index contributed by atoms with van der Waals surface area (Å²) in [6.45, 7) is 2.86. The van der Waals surface area contributed by atoms with Crippen molar-refractivity contribution in [2.45, 2.75) is 101 Å². The summed E-state index contributed by atoms with van der Waals surface area (Å²) in [5.41, 5.74) is 21.8. The number of aliphatic carboxylic acids is 3. The first kappa shape index (κ1) is 63.0. The van der Waals surface area contributed by atoms with Gasteiger partial charge in [-0.2, -0.15) is 39.5 Å². The van der Waals surface area contributed by atoms with Gasteiger partial charge in [0.15, 0.2) is 5.96 Å². The molecule has 0 unspecified atom stereocenters. The number of carbonyl (C=O) groups is 7. The molecule has 0 radical (unpaired) electrons. The standard InChI is InChI=1S/C29H51N9O6.3C2HF3O2/c30-22(11-16-37-29(32)33)27(43)35-14-7-5-3-1-2-4-6-12-34-13-8-15-36-28(44)23(19-25(31)41)38-26(42)17-20-9-10-21(39)18-24(20)40;3*3-2(4,5)1(6)7/h9-10,18,22-23,34,39-40H,1-8,11-17,19,30H2,(H2,31,41)(H,35,43)(H,36,44)(H,38,42)(H4,32,33,37);3*(H,6,7)/t22-,23-;;;/m0.../s1. The van der Waals surface area contributed by atoms with Crippen molar-refractivity contribution in [3.05, 3.63) is 23.8 Å². The summed E-state index contributed by atoms with van der Waals surface area (Å²) in [7, 11) is 0. The first-order chi connectivity index (χ1) is 29.8. The Morgan fingerprint density at radius 1 is 0.631 bits per heavy atom. The number of guanidine groups is 1. The predicted molar refractivity (Wildman–Crippen MR) is 209 cm³/mol. The molecule has 30 heteroatoms. The first-order valence-electron chi connectivity index (χ1n) is 18.9. The van der Waals surface area contributed by atoms with Crippen LogP contribution in [0.1, 0.15) is 69.8 Å². The van der Waals surface area contributed by atoms with E-state index in [1.165, 1.54) is 12.1 Å². The molecular formula is C35H54F9N9O12. The summed E-state index contributed by atoms with van der Waals surface area (Å²) in [6, 6.07) is 2.09. The number of unbranched alkanes of at least 4 members (excludes halogenated alkanes) is 6. The molecule has 4 amide bonds. The van der Waals surface area contributed by atoms with E-state index < -0.39 is 66.2 Å². The van der Waals surface area contributed by atoms with E-state index in [0.717, 1.165) is 57.6 Å². The van der Waals surface area contributed by atoms with Gasteiger partial charge in [0.05, 0.1) is 18.9 Å². The average Bonchev–Trinajstić information content (AvgIpc) is 3.16. The van der Waals surface area contributed by atoms with Gasteiger partial charge in [-0.05, 0) is 44.8 Å². The highest BCUT2D eigenvalue weighted by atomic mass is 19.4. The molecule has 0 aliphatic carbocycles. The Hall–Kier alpha value is -6.33. The molecule has 374 valence electrons. The third-order valence-electron chi connectivity index (χ3n) is 7.43. The van der Waals surface area contributed by atoms with Crippen LogP contribution in [0.15, 0.2) is 23.2 Å². The number of carbonyl (C=O) groups excluding carboxylic acids is 4. The van der Waals surface area contributed by atoms with E-state index in [-0.39, 0.29) is 41.8 Å². The van der Waals surface area contributed by atoms with Crippen LogP contribution in [0, 0.1) is 0 Å². The molecule has 0 aromatic heterocycles. The fraction of sp³-hybridized carbons (Fsp3) is 0.600. The lowest BCUT2D eigenvalue weighted by atomic mass is 10.1. The fourth-order valence-electron chi connectivity index (χ4n) is 4.27. The number of benzene rings is 1. The normalized spacial score (nSPS) is 11.8. The lowest BCUT2D eigenvalue weighted by Crippen LogP contribution is -2.49. The van der Waals surface area contributed by atoms with Gasteiger partial charge in [-0.15, -0.1) is 0 Å². The number of carboxylic acids is 3. The number of hydrogen-bond donors (Lipinski definition) is 13. The van der Waals surface area contributed by atoms with Gasteiger partial charge >= 0.3 is 36.4 Å². The fourth-order valence-corrected chi connectivity index (χ4v) is 4.27. The summed E-state index contributed by atoms with van der Waals surface area (Å²) < 4.78 is 95.2. The van der Waals surface area contributed by atoms with Crippen LogP contribution in [0.5, 0.6) is 11.5 Å². The Labute approximate surface area is 364 Å². The van der Waals surface area contributed by atoms with E-state index in [0.29, 0.717) is 39.0 Å². The van der Waals surface area contributed by atoms with Crippen molar-refractivity contribution in [2.24, 2.45) is 27.9 Å². The molecule has 65 heavy (non-hydrogen) atoms. The molecule has 2 atom stereocenters. The van der Waals surface area contributed by atoms with Gasteiger partial charge < -0.3 is 69.7 Å².